The fourth-order valence-corrected chi connectivity index (χ4v) is 5.87. The number of anilines is 2. The van der Waals surface area contributed by atoms with Gasteiger partial charge in [-0.05, 0) is 50.8 Å². The number of nitrogens with two attached hydrogens (primary N) is 1. The topological polar surface area (TPSA) is 199 Å². The van der Waals surface area contributed by atoms with Crippen molar-refractivity contribution in [1.82, 2.24) is 43.5 Å². The lowest BCUT2D eigenvalue weighted by Crippen LogP contribution is -2.39. The minimum Gasteiger partial charge on any atom is -0.382 e. The molecule has 1 aliphatic heterocycles. The highest BCUT2D eigenvalue weighted by Gasteiger charge is 2.32. The fraction of sp³-hybridized carbons (Fsp3) is 0.375. The van der Waals surface area contributed by atoms with Crippen LogP contribution in [0.3, 0.4) is 0 Å². The third kappa shape index (κ3) is 5.97. The Hall–Kier alpha value is -5.64. The number of aromatic nitrogens is 8. The molecule has 0 spiro atoms. The lowest BCUT2D eigenvalue weighted by molar-refractivity contribution is -0.133. The lowest BCUT2D eigenvalue weighted by atomic mass is 10.1. The number of ether oxygens (including phenoxy) is 1. The molecule has 2 amide bonds. The maximum absolute atomic E-state index is 13.0. The van der Waals surface area contributed by atoms with Gasteiger partial charge in [0.1, 0.15) is 23.7 Å². The SMILES string of the molecule is CCNC(=O)C1CC[C@H](n2cnc3c(N)nc(NC(=O)Cc4ccc(/C=C/c5nc6c(c(=O)n(CC)c(=O)n6CC)n5C)cc4)nc32)O1. The fourth-order valence-electron chi connectivity index (χ4n) is 5.87. The number of carbonyl (C=O) groups is 2. The summed E-state index contributed by atoms with van der Waals surface area (Å²) in [4.78, 5) is 68.5. The summed E-state index contributed by atoms with van der Waals surface area (Å²) in [7, 11) is 1.75. The Labute approximate surface area is 274 Å². The number of amides is 2. The van der Waals surface area contributed by atoms with Crippen molar-refractivity contribution in [3.8, 4) is 0 Å². The normalized spacial score (nSPS) is 16.3. The molecule has 0 bridgehead atoms. The van der Waals surface area contributed by atoms with E-state index in [1.807, 2.05) is 44.2 Å². The minimum absolute atomic E-state index is 0.0335. The quantitative estimate of drug-likeness (QED) is 0.199. The van der Waals surface area contributed by atoms with Crippen molar-refractivity contribution >= 4 is 58.1 Å². The first-order valence-corrected chi connectivity index (χ1v) is 15.8. The molecule has 5 heterocycles. The van der Waals surface area contributed by atoms with Gasteiger partial charge in [-0.2, -0.15) is 9.97 Å². The predicted octanol–water partition coefficient (Wildman–Crippen LogP) is 1.82. The van der Waals surface area contributed by atoms with Gasteiger partial charge in [-0.15, -0.1) is 0 Å². The minimum atomic E-state index is -0.566. The zero-order valence-electron chi connectivity index (χ0n) is 27.1. The van der Waals surface area contributed by atoms with E-state index in [0.717, 1.165) is 11.1 Å². The number of rotatable bonds is 10. The molecule has 48 heavy (non-hydrogen) atoms. The highest BCUT2D eigenvalue weighted by atomic mass is 16.5. The summed E-state index contributed by atoms with van der Waals surface area (Å²) < 4.78 is 12.0. The van der Waals surface area contributed by atoms with Crippen molar-refractivity contribution in [2.24, 2.45) is 7.05 Å². The maximum Gasteiger partial charge on any atom is 0.332 e. The van der Waals surface area contributed by atoms with Gasteiger partial charge in [-0.25, -0.2) is 14.8 Å². The number of carbonyl (C=O) groups excluding carboxylic acids is 2. The van der Waals surface area contributed by atoms with E-state index in [4.69, 9.17) is 10.5 Å². The number of nitrogen functional groups attached to an aromatic ring is 1. The van der Waals surface area contributed by atoms with Crippen LogP contribution in [0.4, 0.5) is 11.8 Å². The zero-order chi connectivity index (χ0) is 34.1. The molecule has 6 rings (SSSR count). The zero-order valence-corrected chi connectivity index (χ0v) is 27.1. The van der Waals surface area contributed by atoms with Crippen molar-refractivity contribution in [2.75, 3.05) is 17.6 Å². The van der Waals surface area contributed by atoms with Crippen LogP contribution < -0.4 is 27.6 Å². The van der Waals surface area contributed by atoms with E-state index in [1.54, 1.807) is 35.5 Å². The molecule has 1 saturated heterocycles. The molecule has 1 unspecified atom stereocenters. The molecule has 1 aliphatic rings. The molecule has 1 fully saturated rings. The van der Waals surface area contributed by atoms with Crippen LogP contribution in [0.5, 0.6) is 0 Å². The average molecular weight is 656 g/mol. The first kappa shape index (κ1) is 32.3. The van der Waals surface area contributed by atoms with Crippen LogP contribution in [-0.4, -0.2) is 62.7 Å². The van der Waals surface area contributed by atoms with Gasteiger partial charge in [0.2, 0.25) is 17.8 Å². The van der Waals surface area contributed by atoms with Gasteiger partial charge in [-0.1, -0.05) is 30.3 Å². The van der Waals surface area contributed by atoms with Crippen molar-refractivity contribution < 1.29 is 14.3 Å². The summed E-state index contributed by atoms with van der Waals surface area (Å²) in [6.07, 6.45) is 5.35. The van der Waals surface area contributed by atoms with Gasteiger partial charge in [0, 0.05) is 26.7 Å². The molecule has 16 heteroatoms. The number of likely N-dealkylation sites (N-methyl/N-ethyl adjacent to an activating group) is 1. The van der Waals surface area contributed by atoms with E-state index in [2.05, 4.69) is 30.6 Å². The predicted molar refractivity (Wildman–Crippen MR) is 180 cm³/mol. The first-order chi connectivity index (χ1) is 23.1. The van der Waals surface area contributed by atoms with Crippen molar-refractivity contribution in [1.29, 1.82) is 0 Å². The van der Waals surface area contributed by atoms with Crippen LogP contribution in [0.2, 0.25) is 0 Å². The number of hydrogen-bond acceptors (Lipinski definition) is 10. The summed E-state index contributed by atoms with van der Waals surface area (Å²) in [5.74, 6) is 0.172. The van der Waals surface area contributed by atoms with Crippen LogP contribution in [0, 0.1) is 0 Å². The Kier molecular flexibility index (Phi) is 8.90. The van der Waals surface area contributed by atoms with Crippen LogP contribution in [0.1, 0.15) is 56.8 Å². The highest BCUT2D eigenvalue weighted by molar-refractivity contribution is 5.92. The summed E-state index contributed by atoms with van der Waals surface area (Å²) in [5.41, 5.74) is 8.50. The average Bonchev–Trinajstić information content (AvgIpc) is 3.79. The molecule has 5 aromatic rings. The van der Waals surface area contributed by atoms with E-state index >= 15 is 0 Å². The number of imidazole rings is 2. The Bertz CT molecular complexity index is 2180. The summed E-state index contributed by atoms with van der Waals surface area (Å²) in [6.45, 7) is 6.63. The monoisotopic (exact) mass is 655 g/mol. The highest BCUT2D eigenvalue weighted by Crippen LogP contribution is 2.31. The van der Waals surface area contributed by atoms with Gasteiger partial charge in [0.05, 0.1) is 12.7 Å². The van der Waals surface area contributed by atoms with E-state index in [1.165, 1.54) is 9.13 Å². The number of hydrogen-bond donors (Lipinski definition) is 3. The van der Waals surface area contributed by atoms with E-state index in [-0.39, 0.29) is 47.8 Å². The Morgan fingerprint density at radius 2 is 1.75 bits per heavy atom. The van der Waals surface area contributed by atoms with Crippen LogP contribution in [-0.2, 0) is 40.9 Å². The first-order valence-electron chi connectivity index (χ1n) is 15.8. The third-order valence-electron chi connectivity index (χ3n) is 8.33. The number of fused-ring (bicyclic) bond motifs is 2. The van der Waals surface area contributed by atoms with Gasteiger partial charge >= 0.3 is 5.69 Å². The van der Waals surface area contributed by atoms with Crippen LogP contribution in [0.25, 0.3) is 34.5 Å². The second-order valence-electron chi connectivity index (χ2n) is 11.4. The molecular weight excluding hydrogens is 618 g/mol. The van der Waals surface area contributed by atoms with E-state index in [0.29, 0.717) is 54.1 Å². The number of nitrogens with one attached hydrogen (secondary N) is 2. The third-order valence-corrected chi connectivity index (χ3v) is 8.33. The molecule has 0 saturated carbocycles. The molecule has 0 radical (unpaired) electrons. The Morgan fingerprint density at radius 3 is 2.46 bits per heavy atom. The standard InChI is InChI=1S/C32H37N11O5/c1-5-34-29(45)20-13-15-23(48-20)43-17-35-24-26(33)38-31(39-27(24)43)37-22(44)16-19-10-8-18(9-11-19)12-14-21-36-28-25(40(21)4)30(46)42(7-3)32(47)41(28)6-2/h8-12,14,17,20,23H,5-7,13,15-16H2,1-4H3,(H,34,45)(H3,33,37,38,39,44)/b14-12+/t20?,23-/m1/s1. The largest absolute Gasteiger partial charge is 0.382 e. The smallest absolute Gasteiger partial charge is 0.332 e. The number of aryl methyl sites for hydroxylation is 2. The second-order valence-corrected chi connectivity index (χ2v) is 11.4. The maximum atomic E-state index is 13.0. The summed E-state index contributed by atoms with van der Waals surface area (Å²) >= 11 is 0. The molecule has 0 aliphatic carbocycles. The molecule has 250 valence electrons. The summed E-state index contributed by atoms with van der Waals surface area (Å²) in [6, 6.07) is 7.39. The Balaban J connectivity index is 1.14. The summed E-state index contributed by atoms with van der Waals surface area (Å²) in [5, 5.41) is 5.49. The van der Waals surface area contributed by atoms with Crippen molar-refractivity contribution in [3.63, 3.8) is 0 Å². The number of nitrogens with zero attached hydrogens (tertiary/aromatic N) is 8. The Morgan fingerprint density at radius 1 is 1.00 bits per heavy atom. The second kappa shape index (κ2) is 13.2. The van der Waals surface area contributed by atoms with E-state index in [9.17, 15) is 19.2 Å². The van der Waals surface area contributed by atoms with Gasteiger partial charge < -0.3 is 20.4 Å². The van der Waals surface area contributed by atoms with Gasteiger partial charge in [-0.3, -0.25) is 33.4 Å². The van der Waals surface area contributed by atoms with Crippen molar-refractivity contribution in [2.45, 2.75) is 65.5 Å². The molecule has 4 aromatic heterocycles. The van der Waals surface area contributed by atoms with Crippen molar-refractivity contribution in [3.05, 3.63) is 68.4 Å². The van der Waals surface area contributed by atoms with Gasteiger partial charge in [0.15, 0.2) is 22.6 Å². The van der Waals surface area contributed by atoms with E-state index < -0.39 is 12.3 Å². The molecule has 1 aromatic carbocycles. The molecular formula is C32H37N11O5. The van der Waals surface area contributed by atoms with Crippen LogP contribution in [0.15, 0.2) is 40.2 Å². The molecule has 2 atom stereocenters. The van der Waals surface area contributed by atoms with Crippen LogP contribution >= 0.6 is 0 Å². The number of benzene rings is 1. The lowest BCUT2D eigenvalue weighted by Gasteiger charge is -2.15. The van der Waals surface area contributed by atoms with Gasteiger partial charge in [0.25, 0.3) is 5.56 Å². The molecule has 4 N–H and O–H groups in total. The molecule has 16 nitrogen and oxygen atoms in total.